The predicted octanol–water partition coefficient (Wildman–Crippen LogP) is 2.43. The second-order valence-electron chi connectivity index (χ2n) is 5.85. The van der Waals surface area contributed by atoms with E-state index in [1.807, 2.05) is 0 Å². The van der Waals surface area contributed by atoms with E-state index in [2.05, 4.69) is 10.2 Å². The van der Waals surface area contributed by atoms with E-state index < -0.39 is 0 Å². The normalized spacial score (nSPS) is 30.0. The molecule has 0 amide bonds. The highest BCUT2D eigenvalue weighted by molar-refractivity contribution is 5.85. The van der Waals surface area contributed by atoms with Crippen molar-refractivity contribution in [2.24, 2.45) is 5.92 Å². The number of piperazine rings is 1. The second-order valence-corrected chi connectivity index (χ2v) is 5.85. The SMILES string of the molecule is C1CCC2(CC1)CNCCN2CC1CC1.Cl. The minimum atomic E-state index is 0. The molecule has 2 saturated carbocycles. The van der Waals surface area contributed by atoms with E-state index in [4.69, 9.17) is 0 Å². The van der Waals surface area contributed by atoms with E-state index in [9.17, 15) is 0 Å². The fourth-order valence-corrected chi connectivity index (χ4v) is 3.48. The number of nitrogens with one attached hydrogen (secondary N) is 1. The van der Waals surface area contributed by atoms with E-state index in [1.165, 1.54) is 71.1 Å². The third-order valence-electron chi connectivity index (χ3n) is 4.64. The first kappa shape index (κ1) is 12.7. The lowest BCUT2D eigenvalue weighted by Gasteiger charge is -2.50. The third kappa shape index (κ3) is 2.55. The van der Waals surface area contributed by atoms with Crippen LogP contribution in [0.25, 0.3) is 0 Å². The number of hydrogen-bond donors (Lipinski definition) is 1. The molecule has 1 N–H and O–H groups in total. The summed E-state index contributed by atoms with van der Waals surface area (Å²) >= 11 is 0. The Kier molecular flexibility index (Phi) is 4.15. The zero-order valence-electron chi connectivity index (χ0n) is 10.2. The van der Waals surface area contributed by atoms with Crippen LogP contribution >= 0.6 is 12.4 Å². The van der Waals surface area contributed by atoms with Gasteiger partial charge < -0.3 is 5.32 Å². The molecule has 2 nitrogen and oxygen atoms in total. The molecule has 1 saturated heterocycles. The van der Waals surface area contributed by atoms with E-state index in [0.29, 0.717) is 5.54 Å². The molecule has 0 aromatic carbocycles. The minimum Gasteiger partial charge on any atom is -0.314 e. The molecule has 3 fully saturated rings. The van der Waals surface area contributed by atoms with Crippen LogP contribution < -0.4 is 5.32 Å². The van der Waals surface area contributed by atoms with Crippen molar-refractivity contribution >= 4 is 12.4 Å². The van der Waals surface area contributed by atoms with Crippen molar-refractivity contribution in [1.82, 2.24) is 10.2 Å². The third-order valence-corrected chi connectivity index (χ3v) is 4.64. The number of hydrogen-bond acceptors (Lipinski definition) is 2. The van der Waals surface area contributed by atoms with Crippen molar-refractivity contribution in [1.29, 1.82) is 0 Å². The average Bonchev–Trinajstić information content (AvgIpc) is 3.07. The zero-order chi connectivity index (χ0) is 10.1. The molecular formula is C13H25ClN2. The van der Waals surface area contributed by atoms with Gasteiger partial charge in [-0.05, 0) is 31.6 Å². The van der Waals surface area contributed by atoms with Gasteiger partial charge in [-0.25, -0.2) is 0 Å². The monoisotopic (exact) mass is 244 g/mol. The maximum atomic E-state index is 3.63. The van der Waals surface area contributed by atoms with E-state index in [1.54, 1.807) is 0 Å². The van der Waals surface area contributed by atoms with Crippen LogP contribution in [0.2, 0.25) is 0 Å². The largest absolute Gasteiger partial charge is 0.314 e. The number of halogens is 1. The Hall–Kier alpha value is 0.210. The molecular weight excluding hydrogens is 220 g/mol. The van der Waals surface area contributed by atoms with Crippen LogP contribution in [-0.4, -0.2) is 36.6 Å². The first-order chi connectivity index (χ1) is 7.39. The lowest BCUT2D eigenvalue weighted by atomic mass is 9.79. The molecule has 0 unspecified atom stereocenters. The molecule has 1 heterocycles. The molecule has 3 heteroatoms. The van der Waals surface area contributed by atoms with Gasteiger partial charge >= 0.3 is 0 Å². The van der Waals surface area contributed by atoms with Crippen LogP contribution in [0.5, 0.6) is 0 Å². The Morgan fingerprint density at radius 3 is 2.56 bits per heavy atom. The lowest BCUT2D eigenvalue weighted by Crippen LogP contribution is -2.62. The summed E-state index contributed by atoms with van der Waals surface area (Å²) in [6, 6.07) is 0. The molecule has 3 aliphatic rings. The van der Waals surface area contributed by atoms with Gasteiger partial charge in [0.1, 0.15) is 0 Å². The Balaban J connectivity index is 0.000000963. The standard InChI is InChI=1S/C13H24N2.ClH/c1-2-6-13(7-3-1)11-14-8-9-15(13)10-12-4-5-12;/h12,14H,1-11H2;1H. The lowest BCUT2D eigenvalue weighted by molar-refractivity contribution is 0.0240. The van der Waals surface area contributed by atoms with Gasteiger partial charge in [0.15, 0.2) is 0 Å². The van der Waals surface area contributed by atoms with Gasteiger partial charge in [-0.3, -0.25) is 4.90 Å². The Bertz CT molecular complexity index is 214. The van der Waals surface area contributed by atoms with Crippen molar-refractivity contribution in [2.45, 2.75) is 50.5 Å². The van der Waals surface area contributed by atoms with Gasteiger partial charge in [0.2, 0.25) is 0 Å². The van der Waals surface area contributed by atoms with Crippen molar-refractivity contribution in [2.75, 3.05) is 26.2 Å². The van der Waals surface area contributed by atoms with Crippen LogP contribution in [0, 0.1) is 5.92 Å². The molecule has 94 valence electrons. The summed E-state index contributed by atoms with van der Waals surface area (Å²) in [5.41, 5.74) is 0.569. The van der Waals surface area contributed by atoms with E-state index >= 15 is 0 Å². The van der Waals surface area contributed by atoms with Crippen LogP contribution in [0.15, 0.2) is 0 Å². The molecule has 0 bridgehead atoms. The molecule has 0 aromatic heterocycles. The molecule has 0 radical (unpaired) electrons. The predicted molar refractivity (Wildman–Crippen MR) is 70.2 cm³/mol. The summed E-state index contributed by atoms with van der Waals surface area (Å²) in [5, 5.41) is 3.63. The maximum absolute atomic E-state index is 3.63. The van der Waals surface area contributed by atoms with E-state index in [0.717, 1.165) is 5.92 Å². The van der Waals surface area contributed by atoms with Crippen LogP contribution in [0.3, 0.4) is 0 Å². The maximum Gasteiger partial charge on any atom is 0.0334 e. The zero-order valence-corrected chi connectivity index (χ0v) is 11.0. The van der Waals surface area contributed by atoms with Crippen molar-refractivity contribution < 1.29 is 0 Å². The second kappa shape index (κ2) is 5.24. The van der Waals surface area contributed by atoms with Crippen molar-refractivity contribution in [3.05, 3.63) is 0 Å². The van der Waals surface area contributed by atoms with Crippen LogP contribution in [0.4, 0.5) is 0 Å². The van der Waals surface area contributed by atoms with Crippen molar-refractivity contribution in [3.8, 4) is 0 Å². The highest BCUT2D eigenvalue weighted by atomic mass is 35.5. The molecule has 2 aliphatic carbocycles. The fourth-order valence-electron chi connectivity index (χ4n) is 3.48. The number of rotatable bonds is 2. The van der Waals surface area contributed by atoms with Gasteiger partial charge in [-0.2, -0.15) is 0 Å². The van der Waals surface area contributed by atoms with Gasteiger partial charge in [0, 0.05) is 31.7 Å². The van der Waals surface area contributed by atoms with Crippen LogP contribution in [0.1, 0.15) is 44.9 Å². The summed E-state index contributed by atoms with van der Waals surface area (Å²) in [6.07, 6.45) is 10.3. The topological polar surface area (TPSA) is 15.3 Å². The summed E-state index contributed by atoms with van der Waals surface area (Å²) in [4.78, 5) is 2.85. The van der Waals surface area contributed by atoms with Gasteiger partial charge in [-0.15, -0.1) is 12.4 Å². The first-order valence-corrected chi connectivity index (χ1v) is 6.85. The van der Waals surface area contributed by atoms with Gasteiger partial charge in [0.05, 0.1) is 0 Å². The quantitative estimate of drug-likeness (QED) is 0.803. The van der Waals surface area contributed by atoms with Crippen molar-refractivity contribution in [3.63, 3.8) is 0 Å². The Morgan fingerprint density at radius 2 is 1.88 bits per heavy atom. The summed E-state index contributed by atoms with van der Waals surface area (Å²) < 4.78 is 0. The number of nitrogens with zero attached hydrogens (tertiary/aromatic N) is 1. The summed E-state index contributed by atoms with van der Waals surface area (Å²) in [6.45, 7) is 5.19. The summed E-state index contributed by atoms with van der Waals surface area (Å²) in [5.74, 6) is 1.06. The van der Waals surface area contributed by atoms with Crippen LogP contribution in [-0.2, 0) is 0 Å². The van der Waals surface area contributed by atoms with Gasteiger partial charge in [-0.1, -0.05) is 19.3 Å². The Labute approximate surface area is 106 Å². The smallest absolute Gasteiger partial charge is 0.0334 e. The van der Waals surface area contributed by atoms with Gasteiger partial charge in [0.25, 0.3) is 0 Å². The fraction of sp³-hybridized carbons (Fsp3) is 1.00. The minimum absolute atomic E-state index is 0. The molecule has 1 aliphatic heterocycles. The molecule has 3 rings (SSSR count). The highest BCUT2D eigenvalue weighted by Gasteiger charge is 2.41. The first-order valence-electron chi connectivity index (χ1n) is 6.85. The summed E-state index contributed by atoms with van der Waals surface area (Å²) in [7, 11) is 0. The average molecular weight is 245 g/mol. The molecule has 16 heavy (non-hydrogen) atoms. The Morgan fingerprint density at radius 1 is 1.12 bits per heavy atom. The molecule has 0 atom stereocenters. The highest BCUT2D eigenvalue weighted by Crippen LogP contribution is 2.38. The molecule has 1 spiro atoms. The van der Waals surface area contributed by atoms with E-state index in [-0.39, 0.29) is 12.4 Å². The molecule has 0 aromatic rings.